The van der Waals surface area contributed by atoms with E-state index in [4.69, 9.17) is 4.52 Å². The number of likely N-dealkylation sites (tertiary alicyclic amines) is 1. The second kappa shape index (κ2) is 6.35. The molecule has 1 unspecified atom stereocenters. The van der Waals surface area contributed by atoms with Crippen LogP contribution >= 0.6 is 0 Å². The van der Waals surface area contributed by atoms with Crippen molar-refractivity contribution in [2.24, 2.45) is 0 Å². The Morgan fingerprint density at radius 1 is 1.26 bits per heavy atom. The monoisotopic (exact) mass is 317 g/mol. The number of tetrazole rings is 1. The summed E-state index contributed by atoms with van der Waals surface area (Å²) in [5.74, 6) is 3.08. The molecule has 0 spiro atoms. The number of rotatable bonds is 7. The fourth-order valence-corrected chi connectivity index (χ4v) is 3.19. The van der Waals surface area contributed by atoms with Crippen molar-refractivity contribution in [3.05, 3.63) is 17.5 Å². The smallest absolute Gasteiger partial charge is 0.229 e. The number of aryl methyl sites for hydroxylation is 1. The predicted octanol–water partition coefficient (Wildman–Crippen LogP) is 2.07. The van der Waals surface area contributed by atoms with E-state index >= 15 is 0 Å². The highest BCUT2D eigenvalue weighted by Gasteiger charge is 2.34. The minimum atomic E-state index is 0.225. The lowest BCUT2D eigenvalue weighted by Gasteiger charge is -2.20. The van der Waals surface area contributed by atoms with Crippen molar-refractivity contribution in [2.75, 3.05) is 6.54 Å². The Morgan fingerprint density at radius 3 is 3.00 bits per heavy atom. The average molecular weight is 317 g/mol. The zero-order valence-corrected chi connectivity index (χ0v) is 13.6. The topological polar surface area (TPSA) is 85.8 Å². The highest BCUT2D eigenvalue weighted by Crippen LogP contribution is 2.40. The summed E-state index contributed by atoms with van der Waals surface area (Å²) in [5.41, 5.74) is 0. The van der Waals surface area contributed by atoms with E-state index in [1.165, 1.54) is 12.8 Å². The van der Waals surface area contributed by atoms with Crippen LogP contribution in [0.2, 0.25) is 0 Å². The van der Waals surface area contributed by atoms with E-state index in [0.29, 0.717) is 5.92 Å². The third-order valence-corrected chi connectivity index (χ3v) is 4.72. The van der Waals surface area contributed by atoms with E-state index < -0.39 is 0 Å². The summed E-state index contributed by atoms with van der Waals surface area (Å²) in [6, 6.07) is 0.225. The van der Waals surface area contributed by atoms with Crippen molar-refractivity contribution >= 4 is 0 Å². The minimum absolute atomic E-state index is 0.225. The fourth-order valence-electron chi connectivity index (χ4n) is 3.19. The molecule has 8 heteroatoms. The van der Waals surface area contributed by atoms with Gasteiger partial charge in [-0.15, -0.1) is 5.10 Å². The summed E-state index contributed by atoms with van der Waals surface area (Å²) in [5, 5.41) is 16.4. The number of hydrogen-bond donors (Lipinski definition) is 0. The summed E-state index contributed by atoms with van der Waals surface area (Å²) >= 11 is 0. The molecule has 2 aliphatic rings. The maximum atomic E-state index is 5.43. The van der Waals surface area contributed by atoms with Gasteiger partial charge in [0.25, 0.3) is 0 Å². The molecule has 23 heavy (non-hydrogen) atoms. The SMILES string of the molecule is CCCCn1nnnc1CN1CCCC1c1noc(C2CC2)n1. The number of nitrogens with zero attached hydrogens (tertiary/aromatic N) is 7. The van der Waals surface area contributed by atoms with Gasteiger partial charge in [-0.2, -0.15) is 4.98 Å². The summed E-state index contributed by atoms with van der Waals surface area (Å²) in [4.78, 5) is 7.00. The van der Waals surface area contributed by atoms with Crippen LogP contribution in [0.4, 0.5) is 0 Å². The van der Waals surface area contributed by atoms with E-state index in [0.717, 1.165) is 62.9 Å². The Bertz CT molecular complexity index is 648. The highest BCUT2D eigenvalue weighted by molar-refractivity contribution is 5.05. The van der Waals surface area contributed by atoms with E-state index in [1.807, 2.05) is 4.68 Å². The van der Waals surface area contributed by atoms with Gasteiger partial charge in [0.1, 0.15) is 0 Å². The van der Waals surface area contributed by atoms with Crippen LogP contribution in [0.3, 0.4) is 0 Å². The molecule has 1 aliphatic carbocycles. The molecule has 4 rings (SSSR count). The fraction of sp³-hybridized carbons (Fsp3) is 0.800. The Hall–Kier alpha value is -1.83. The molecule has 2 fully saturated rings. The molecule has 3 heterocycles. The number of aromatic nitrogens is 6. The molecular weight excluding hydrogens is 294 g/mol. The second-order valence-electron chi connectivity index (χ2n) is 6.57. The summed E-state index contributed by atoms with van der Waals surface area (Å²) in [6.45, 7) is 4.83. The van der Waals surface area contributed by atoms with Crippen molar-refractivity contribution in [3.63, 3.8) is 0 Å². The largest absolute Gasteiger partial charge is 0.339 e. The minimum Gasteiger partial charge on any atom is -0.339 e. The van der Waals surface area contributed by atoms with Crippen LogP contribution < -0.4 is 0 Å². The van der Waals surface area contributed by atoms with Gasteiger partial charge in [-0.25, -0.2) is 4.68 Å². The number of hydrogen-bond acceptors (Lipinski definition) is 7. The van der Waals surface area contributed by atoms with Crippen LogP contribution in [-0.2, 0) is 13.1 Å². The van der Waals surface area contributed by atoms with Gasteiger partial charge in [-0.3, -0.25) is 4.90 Å². The van der Waals surface area contributed by atoms with E-state index in [1.54, 1.807) is 0 Å². The molecule has 124 valence electrons. The molecule has 0 amide bonds. The van der Waals surface area contributed by atoms with Gasteiger partial charge in [0.2, 0.25) is 5.89 Å². The van der Waals surface area contributed by atoms with Gasteiger partial charge >= 0.3 is 0 Å². The van der Waals surface area contributed by atoms with Crippen LogP contribution in [0.5, 0.6) is 0 Å². The van der Waals surface area contributed by atoms with Crippen molar-refractivity contribution < 1.29 is 4.52 Å². The van der Waals surface area contributed by atoms with Gasteiger partial charge in [-0.1, -0.05) is 18.5 Å². The highest BCUT2D eigenvalue weighted by atomic mass is 16.5. The lowest BCUT2D eigenvalue weighted by molar-refractivity contribution is 0.224. The molecule has 2 aromatic heterocycles. The predicted molar refractivity (Wildman–Crippen MR) is 81.4 cm³/mol. The Morgan fingerprint density at radius 2 is 2.17 bits per heavy atom. The van der Waals surface area contributed by atoms with E-state index in [-0.39, 0.29) is 6.04 Å². The molecule has 1 saturated carbocycles. The molecule has 0 aromatic carbocycles. The lowest BCUT2D eigenvalue weighted by Crippen LogP contribution is -2.25. The summed E-state index contributed by atoms with van der Waals surface area (Å²) in [7, 11) is 0. The first-order chi connectivity index (χ1) is 11.3. The lowest BCUT2D eigenvalue weighted by atomic mass is 10.2. The molecule has 2 aromatic rings. The average Bonchev–Trinajstić information content (AvgIpc) is 2.98. The van der Waals surface area contributed by atoms with Crippen molar-refractivity contribution in [1.29, 1.82) is 0 Å². The zero-order valence-electron chi connectivity index (χ0n) is 13.6. The first-order valence-corrected chi connectivity index (χ1v) is 8.67. The molecule has 1 saturated heterocycles. The van der Waals surface area contributed by atoms with Crippen molar-refractivity contribution in [2.45, 2.75) is 70.5 Å². The van der Waals surface area contributed by atoms with Crippen LogP contribution in [0, 0.1) is 0 Å². The Labute approximate surface area is 135 Å². The van der Waals surface area contributed by atoms with Crippen LogP contribution in [-0.4, -0.2) is 41.8 Å². The maximum Gasteiger partial charge on any atom is 0.229 e. The van der Waals surface area contributed by atoms with Gasteiger partial charge in [-0.05, 0) is 49.1 Å². The van der Waals surface area contributed by atoms with Crippen molar-refractivity contribution in [3.8, 4) is 0 Å². The zero-order chi connectivity index (χ0) is 15.6. The molecule has 8 nitrogen and oxygen atoms in total. The van der Waals surface area contributed by atoms with Crippen LogP contribution in [0.25, 0.3) is 0 Å². The molecule has 0 N–H and O–H groups in total. The third-order valence-electron chi connectivity index (χ3n) is 4.72. The Kier molecular flexibility index (Phi) is 4.07. The first kappa shape index (κ1) is 14.7. The second-order valence-corrected chi connectivity index (χ2v) is 6.57. The van der Waals surface area contributed by atoms with Gasteiger partial charge in [0.15, 0.2) is 11.6 Å². The normalized spacial score (nSPS) is 22.0. The van der Waals surface area contributed by atoms with Crippen molar-refractivity contribution in [1.82, 2.24) is 35.2 Å². The molecule has 0 bridgehead atoms. The molecule has 1 aliphatic heterocycles. The van der Waals surface area contributed by atoms with Crippen LogP contribution in [0.1, 0.15) is 74.9 Å². The number of unbranched alkanes of at least 4 members (excludes halogenated alkanes) is 1. The maximum absolute atomic E-state index is 5.43. The van der Waals surface area contributed by atoms with Gasteiger partial charge < -0.3 is 4.52 Å². The summed E-state index contributed by atoms with van der Waals surface area (Å²) in [6.07, 6.45) is 6.81. The Balaban J connectivity index is 1.46. The standard InChI is InChI=1S/C15H23N7O/c1-2-3-9-22-13(17-19-20-22)10-21-8-4-5-12(21)14-16-15(23-18-14)11-6-7-11/h11-12H,2-10H2,1H3. The summed E-state index contributed by atoms with van der Waals surface area (Å²) < 4.78 is 7.35. The van der Waals surface area contributed by atoms with Crippen LogP contribution in [0.15, 0.2) is 4.52 Å². The molecular formula is C15H23N7O. The van der Waals surface area contributed by atoms with Gasteiger partial charge in [0.05, 0.1) is 12.6 Å². The van der Waals surface area contributed by atoms with E-state index in [2.05, 4.69) is 37.5 Å². The first-order valence-electron chi connectivity index (χ1n) is 8.67. The molecule has 1 atom stereocenters. The quantitative estimate of drug-likeness (QED) is 0.772. The van der Waals surface area contributed by atoms with Gasteiger partial charge in [0, 0.05) is 12.5 Å². The third kappa shape index (κ3) is 3.12. The van der Waals surface area contributed by atoms with E-state index in [9.17, 15) is 0 Å². The molecule has 0 radical (unpaired) electrons.